The van der Waals surface area contributed by atoms with Gasteiger partial charge in [0, 0.05) is 29.6 Å². The smallest absolute Gasteiger partial charge is 0.0358 e. The Hall–Kier alpha value is -8.58. The van der Waals surface area contributed by atoms with E-state index < -0.39 is 0 Å². The molecule has 0 radical (unpaired) electrons. The standard InChI is InChI=1S/C148H200/c1-18-30-42-54-66-107-98-100-109(68-56-44-32-20-3)126-124(107)128(111-88-78-102(13)79-89-111)135-118(72-60-48-36-24-7)143-137(116(133(126)135)70-58-46-34-22-5)130(113-92-82-104(15)83-93-113)139-120(74-62-50-38-26-9)147-141(122(145(139)143)76-64-52-40-28-11)132(115-96-86-106(17)87-97-115)142-123(77-65-53-41-29-12)146-140(121(148(142)147)75-63-51-39-27-10)131(114-94-84-105(16)85-95-114)138-117(71-59-47-35-23-6)134-127-110(69-57-45-33-21-4)101-99-108(67-55-43-31-19-2)125(127)129(112-90-80-103(14)81-91-112)136(134)119(144(138)146)73-61-49-37-25-8/h78-101,128-132H,18-77H2,1-17H3. The average molecular weight is 1980 g/mol. The third kappa shape index (κ3) is 24.4. The number of rotatable bonds is 65. The first kappa shape index (κ1) is 112. The number of hydrogen-bond donors (Lipinski definition) is 0. The molecule has 0 bridgehead atoms. The van der Waals surface area contributed by atoms with Gasteiger partial charge in [-0.2, -0.15) is 0 Å². The highest BCUT2D eigenvalue weighted by Gasteiger charge is 2.53. The lowest BCUT2D eigenvalue weighted by molar-refractivity contribution is 0.658. The Balaban J connectivity index is 1.17. The molecule has 11 aromatic carbocycles. The van der Waals surface area contributed by atoms with Gasteiger partial charge in [0.25, 0.3) is 0 Å². The Morgan fingerprint density at radius 1 is 0.122 bits per heavy atom. The maximum absolute atomic E-state index is 2.75. The largest absolute Gasteiger partial charge is 0.0654 e. The summed E-state index contributed by atoms with van der Waals surface area (Å²) in [6.45, 7) is 41.5. The van der Waals surface area contributed by atoms with E-state index in [9.17, 15) is 0 Å². The molecule has 5 aliphatic rings. The van der Waals surface area contributed by atoms with Gasteiger partial charge in [-0.3, -0.25) is 0 Å². The Morgan fingerprint density at radius 3 is 0.405 bits per heavy atom. The van der Waals surface area contributed by atoms with Crippen LogP contribution in [0.15, 0.2) is 146 Å². The fraction of sp³-hybridized carbons (Fsp3) is 0.554. The summed E-state index contributed by atoms with van der Waals surface area (Å²) in [5, 5.41) is 0. The molecule has 0 aliphatic heterocycles. The lowest BCUT2D eigenvalue weighted by Gasteiger charge is -2.28. The Morgan fingerprint density at radius 2 is 0.250 bits per heavy atom. The van der Waals surface area contributed by atoms with Crippen LogP contribution in [-0.4, -0.2) is 0 Å². The van der Waals surface area contributed by atoms with Crippen molar-refractivity contribution in [1.82, 2.24) is 0 Å². The number of aryl methyl sites for hydroxylation is 9. The number of unbranched alkanes of at least 4 members (excludes halogenated alkanes) is 36. The van der Waals surface area contributed by atoms with Crippen molar-refractivity contribution in [3.63, 3.8) is 0 Å². The van der Waals surface area contributed by atoms with Crippen molar-refractivity contribution >= 4 is 0 Å². The molecule has 148 heavy (non-hydrogen) atoms. The van der Waals surface area contributed by atoms with Gasteiger partial charge in [-0.05, 0) is 395 Å². The molecule has 0 fully saturated rings. The van der Waals surface area contributed by atoms with Gasteiger partial charge in [-0.1, -0.05) is 488 Å². The summed E-state index contributed by atoms with van der Waals surface area (Å²) in [5.41, 5.74) is 69.9. The third-order valence-corrected chi connectivity index (χ3v) is 36.6. The first-order chi connectivity index (χ1) is 72.7. The number of fused-ring (bicyclic) bond motifs is 15. The summed E-state index contributed by atoms with van der Waals surface area (Å²) in [6, 6.07) is 63.7. The van der Waals surface area contributed by atoms with Gasteiger partial charge in [-0.15, -0.1) is 0 Å². The average Bonchev–Trinajstić information content (AvgIpc) is 1.49. The summed E-state index contributed by atoms with van der Waals surface area (Å²) in [5.74, 6) is 0.385. The van der Waals surface area contributed by atoms with Crippen molar-refractivity contribution in [2.24, 2.45) is 0 Å². The molecule has 0 heterocycles. The first-order valence-electron chi connectivity index (χ1n) is 63.2. The summed E-state index contributed by atoms with van der Waals surface area (Å²) < 4.78 is 0. The van der Waals surface area contributed by atoms with Crippen molar-refractivity contribution < 1.29 is 0 Å². The fourth-order valence-corrected chi connectivity index (χ4v) is 29.0. The third-order valence-electron chi connectivity index (χ3n) is 36.6. The monoisotopic (exact) mass is 1980 g/mol. The number of benzene rings is 11. The van der Waals surface area contributed by atoms with Crippen LogP contribution in [0.3, 0.4) is 0 Å². The topological polar surface area (TPSA) is 0 Å². The van der Waals surface area contributed by atoms with Gasteiger partial charge in [0.1, 0.15) is 0 Å². The zero-order valence-electron chi connectivity index (χ0n) is 97.2. The lowest BCUT2D eigenvalue weighted by atomic mass is 9.75. The van der Waals surface area contributed by atoms with Crippen LogP contribution in [0.4, 0.5) is 0 Å². The van der Waals surface area contributed by atoms with Crippen molar-refractivity contribution in [2.45, 2.75) is 533 Å². The van der Waals surface area contributed by atoms with Crippen molar-refractivity contribution in [3.05, 3.63) is 324 Å². The second-order valence-corrected chi connectivity index (χ2v) is 47.9. The van der Waals surface area contributed by atoms with Gasteiger partial charge < -0.3 is 0 Å². The molecule has 0 aromatic heterocycles. The maximum Gasteiger partial charge on any atom is 0.0358 e. The molecule has 0 nitrogen and oxygen atoms in total. The molecule has 11 aromatic rings. The highest BCUT2D eigenvalue weighted by atomic mass is 14.6. The van der Waals surface area contributed by atoms with Gasteiger partial charge >= 0.3 is 0 Å². The Bertz CT molecular complexity index is 5750. The fourth-order valence-electron chi connectivity index (χ4n) is 29.0. The van der Waals surface area contributed by atoms with Crippen LogP contribution < -0.4 is 0 Å². The molecule has 4 atom stereocenters. The SMILES string of the molecule is CCCCCCc1ccc(CCCCCC)c2c1-c1c(CCCCCC)c3c(c(CCCCCC)c1C2c1ccc(C)cc1)-c1c(CCCCCC)c2c(c(CCCCCC)c1C3c1ccc(C)cc1)-c1c(CCCCCC)c3c(c(CCCCCC)c1C2c1ccc(C)cc1)-c1c(CCCCCC)c2c(c(CCCCCC)c1C3c1ccc(C)cc1)-c1c(CCCCCC)ccc(CCCCCC)c1C2c1ccc(C)cc1. The predicted octanol–water partition coefficient (Wildman–Crippen LogP) is 44.5. The Labute approximate surface area is 905 Å². The van der Waals surface area contributed by atoms with E-state index in [2.05, 4.69) is 263 Å². The molecule has 0 spiro atoms. The highest BCUT2D eigenvalue weighted by Crippen LogP contribution is 2.71. The maximum atomic E-state index is 2.75. The molecule has 0 amide bonds. The minimum absolute atomic E-state index is 0.0214. The van der Waals surface area contributed by atoms with Crippen molar-refractivity contribution in [2.75, 3.05) is 0 Å². The van der Waals surface area contributed by atoms with E-state index >= 15 is 0 Å². The number of hydrogen-bond acceptors (Lipinski definition) is 0. The molecular weight excluding hydrogens is 1780 g/mol. The summed E-state index contributed by atoms with van der Waals surface area (Å²) in [7, 11) is 0. The summed E-state index contributed by atoms with van der Waals surface area (Å²) in [4.78, 5) is 0. The van der Waals surface area contributed by atoms with E-state index in [4.69, 9.17) is 0 Å². The van der Waals surface area contributed by atoms with Crippen LogP contribution in [0, 0.1) is 34.6 Å². The molecule has 0 saturated carbocycles. The minimum Gasteiger partial charge on any atom is -0.0654 e. The molecular formula is C148H200. The van der Waals surface area contributed by atoms with E-state index in [1.165, 1.54) is 347 Å². The van der Waals surface area contributed by atoms with Crippen LogP contribution in [0.2, 0.25) is 0 Å². The zero-order chi connectivity index (χ0) is 104. The van der Waals surface area contributed by atoms with Crippen molar-refractivity contribution in [3.8, 4) is 55.6 Å². The van der Waals surface area contributed by atoms with Crippen LogP contribution in [0.5, 0.6) is 0 Å². The van der Waals surface area contributed by atoms with E-state index in [0.29, 0.717) is 0 Å². The van der Waals surface area contributed by atoms with Crippen LogP contribution in [0.25, 0.3) is 55.6 Å². The first-order valence-corrected chi connectivity index (χ1v) is 63.2. The Kier molecular flexibility index (Phi) is 42.2. The van der Waals surface area contributed by atoms with Gasteiger partial charge in [0.15, 0.2) is 0 Å². The van der Waals surface area contributed by atoms with Crippen molar-refractivity contribution in [1.29, 1.82) is 0 Å². The van der Waals surface area contributed by atoms with E-state index in [1.807, 2.05) is 0 Å². The van der Waals surface area contributed by atoms with Crippen LogP contribution in [0.1, 0.15) is 599 Å². The van der Waals surface area contributed by atoms with Gasteiger partial charge in [0.2, 0.25) is 0 Å². The summed E-state index contributed by atoms with van der Waals surface area (Å²) in [6.07, 6.45) is 73.2. The van der Waals surface area contributed by atoms with E-state index in [0.717, 1.165) is 77.0 Å². The molecule has 0 saturated heterocycles. The second-order valence-electron chi connectivity index (χ2n) is 47.9. The van der Waals surface area contributed by atoms with Gasteiger partial charge in [-0.25, -0.2) is 0 Å². The van der Waals surface area contributed by atoms with E-state index in [-0.39, 0.29) is 29.6 Å². The molecule has 0 heteroatoms. The predicted molar refractivity (Wildman–Crippen MR) is 648 cm³/mol. The van der Waals surface area contributed by atoms with E-state index in [1.54, 1.807) is 195 Å². The summed E-state index contributed by atoms with van der Waals surface area (Å²) >= 11 is 0. The molecule has 4 unspecified atom stereocenters. The molecule has 792 valence electrons. The molecule has 16 rings (SSSR count). The molecule has 5 aliphatic carbocycles. The van der Waals surface area contributed by atoms with Gasteiger partial charge in [0.05, 0.1) is 0 Å². The van der Waals surface area contributed by atoms with Crippen LogP contribution in [-0.2, 0) is 77.0 Å². The normalized spacial score (nSPS) is 15.3. The lowest BCUT2D eigenvalue weighted by Crippen LogP contribution is -2.12. The van der Waals surface area contributed by atoms with Crippen LogP contribution >= 0.6 is 0 Å². The minimum atomic E-state index is 0.0214. The highest BCUT2D eigenvalue weighted by molar-refractivity contribution is 6.05. The quantitative estimate of drug-likeness (QED) is 0.0333. The molecule has 0 N–H and O–H groups in total. The zero-order valence-corrected chi connectivity index (χ0v) is 97.2. The second kappa shape index (κ2) is 55.8.